The first-order valence-electron chi connectivity index (χ1n) is 7.46. The summed E-state index contributed by atoms with van der Waals surface area (Å²) in [6.45, 7) is 4.01. The molecule has 0 fully saturated rings. The monoisotopic (exact) mass is 378 g/mol. The summed E-state index contributed by atoms with van der Waals surface area (Å²) >= 11 is 14.0. The summed E-state index contributed by atoms with van der Waals surface area (Å²) in [5.74, 6) is 0.846. The van der Waals surface area contributed by atoms with Crippen molar-refractivity contribution in [2.75, 3.05) is 5.32 Å². The average Bonchev–Trinajstić information content (AvgIpc) is 2.97. The molecule has 0 spiro atoms. The van der Waals surface area contributed by atoms with Crippen LogP contribution in [0.3, 0.4) is 0 Å². The molecule has 1 aromatic heterocycles. The van der Waals surface area contributed by atoms with E-state index in [4.69, 9.17) is 27.9 Å². The van der Waals surface area contributed by atoms with Crippen molar-refractivity contribution in [3.8, 4) is 17.0 Å². The lowest BCUT2D eigenvalue weighted by Crippen LogP contribution is -2.05. The lowest BCUT2D eigenvalue weighted by atomic mass is 10.2. The van der Waals surface area contributed by atoms with E-state index in [1.165, 1.54) is 11.3 Å². The molecule has 0 radical (unpaired) electrons. The number of thiazole rings is 1. The first-order chi connectivity index (χ1) is 11.5. The van der Waals surface area contributed by atoms with Crippen molar-refractivity contribution in [1.29, 1.82) is 0 Å². The Balaban J connectivity index is 1.77. The molecule has 0 atom stereocenters. The summed E-state index contributed by atoms with van der Waals surface area (Å²) in [5.41, 5.74) is 2.46. The Bertz CT molecular complexity index is 811. The fraction of sp³-hybridized carbons (Fsp3) is 0.167. The first kappa shape index (κ1) is 17.1. The van der Waals surface area contributed by atoms with Gasteiger partial charge in [0.25, 0.3) is 0 Å². The minimum Gasteiger partial charge on any atom is -0.491 e. The molecule has 3 rings (SSSR count). The molecule has 0 bridgehead atoms. The molecule has 0 amide bonds. The Morgan fingerprint density at radius 1 is 1.04 bits per heavy atom. The minimum atomic E-state index is 0.158. The molecule has 0 aliphatic rings. The number of halogens is 2. The lowest BCUT2D eigenvalue weighted by molar-refractivity contribution is 0.242. The smallest absolute Gasteiger partial charge is 0.187 e. The minimum absolute atomic E-state index is 0.158. The summed E-state index contributed by atoms with van der Waals surface area (Å²) in [4.78, 5) is 4.58. The molecule has 0 unspecified atom stereocenters. The maximum atomic E-state index is 6.24. The normalized spacial score (nSPS) is 10.9. The molecule has 3 nitrogen and oxygen atoms in total. The summed E-state index contributed by atoms with van der Waals surface area (Å²) in [7, 11) is 0. The van der Waals surface area contributed by atoms with Crippen LogP contribution in [0.1, 0.15) is 13.8 Å². The SMILES string of the molecule is CC(C)Oc1ccc(Nc2nc(-c3c(Cl)cccc3Cl)cs2)cc1. The van der Waals surface area contributed by atoms with Gasteiger partial charge >= 0.3 is 0 Å². The second-order valence-electron chi connectivity index (χ2n) is 5.45. The van der Waals surface area contributed by atoms with E-state index >= 15 is 0 Å². The number of anilines is 2. The highest BCUT2D eigenvalue weighted by molar-refractivity contribution is 7.14. The fourth-order valence-electron chi connectivity index (χ4n) is 2.20. The first-order valence-corrected chi connectivity index (χ1v) is 9.10. The highest BCUT2D eigenvalue weighted by atomic mass is 35.5. The van der Waals surface area contributed by atoms with Gasteiger partial charge in [-0.05, 0) is 50.2 Å². The van der Waals surface area contributed by atoms with Crippen LogP contribution in [-0.4, -0.2) is 11.1 Å². The third-order valence-electron chi connectivity index (χ3n) is 3.20. The number of nitrogens with zero attached hydrogens (tertiary/aromatic N) is 1. The Kier molecular flexibility index (Phi) is 5.29. The molecule has 24 heavy (non-hydrogen) atoms. The molecule has 2 aromatic carbocycles. The van der Waals surface area contributed by atoms with Gasteiger partial charge in [0.05, 0.1) is 21.8 Å². The zero-order valence-electron chi connectivity index (χ0n) is 13.2. The summed E-state index contributed by atoms with van der Waals surface area (Å²) < 4.78 is 5.64. The molecule has 0 saturated carbocycles. The number of nitrogens with one attached hydrogen (secondary N) is 1. The van der Waals surface area contributed by atoms with Crippen LogP contribution in [0.2, 0.25) is 10.0 Å². The van der Waals surface area contributed by atoms with Gasteiger partial charge in [0.15, 0.2) is 5.13 Å². The fourth-order valence-corrected chi connectivity index (χ4v) is 3.51. The molecule has 0 saturated heterocycles. The Morgan fingerprint density at radius 2 is 1.71 bits per heavy atom. The van der Waals surface area contributed by atoms with E-state index in [2.05, 4.69) is 10.3 Å². The zero-order valence-corrected chi connectivity index (χ0v) is 15.5. The summed E-state index contributed by atoms with van der Waals surface area (Å²) in [5, 5.41) is 7.18. The zero-order chi connectivity index (χ0) is 17.1. The summed E-state index contributed by atoms with van der Waals surface area (Å²) in [6, 6.07) is 13.2. The topological polar surface area (TPSA) is 34.1 Å². The van der Waals surface area contributed by atoms with Gasteiger partial charge in [-0.1, -0.05) is 29.3 Å². The van der Waals surface area contributed by atoms with E-state index in [0.29, 0.717) is 10.0 Å². The highest BCUT2D eigenvalue weighted by Crippen LogP contribution is 2.36. The second kappa shape index (κ2) is 7.43. The maximum absolute atomic E-state index is 6.24. The Morgan fingerprint density at radius 3 is 2.33 bits per heavy atom. The van der Waals surface area contributed by atoms with Crippen LogP contribution in [0.25, 0.3) is 11.3 Å². The number of benzene rings is 2. The highest BCUT2D eigenvalue weighted by Gasteiger charge is 2.12. The van der Waals surface area contributed by atoms with Crippen LogP contribution < -0.4 is 10.1 Å². The molecule has 3 aromatic rings. The van der Waals surface area contributed by atoms with Crippen LogP contribution in [0.5, 0.6) is 5.75 Å². The van der Waals surface area contributed by atoms with Gasteiger partial charge in [-0.3, -0.25) is 0 Å². The van der Waals surface area contributed by atoms with Crippen LogP contribution >= 0.6 is 34.5 Å². The average molecular weight is 379 g/mol. The van der Waals surface area contributed by atoms with Crippen LogP contribution in [0.4, 0.5) is 10.8 Å². The van der Waals surface area contributed by atoms with Crippen molar-refractivity contribution in [1.82, 2.24) is 4.98 Å². The van der Waals surface area contributed by atoms with Gasteiger partial charge in [-0.2, -0.15) is 0 Å². The maximum Gasteiger partial charge on any atom is 0.187 e. The van der Waals surface area contributed by atoms with E-state index in [9.17, 15) is 0 Å². The Hall–Kier alpha value is -1.75. The predicted molar refractivity (Wildman–Crippen MR) is 103 cm³/mol. The third-order valence-corrected chi connectivity index (χ3v) is 4.59. The largest absolute Gasteiger partial charge is 0.491 e. The number of hydrogen-bond acceptors (Lipinski definition) is 4. The lowest BCUT2D eigenvalue weighted by Gasteiger charge is -2.10. The van der Waals surface area contributed by atoms with Gasteiger partial charge < -0.3 is 10.1 Å². The van der Waals surface area contributed by atoms with E-state index in [0.717, 1.165) is 27.8 Å². The van der Waals surface area contributed by atoms with Crippen LogP contribution in [0.15, 0.2) is 47.8 Å². The molecular formula is C18H16Cl2N2OS. The molecule has 124 valence electrons. The van der Waals surface area contributed by atoms with Crippen molar-refractivity contribution in [3.63, 3.8) is 0 Å². The quantitative estimate of drug-likeness (QED) is 0.539. The predicted octanol–water partition coefficient (Wildman–Crippen LogP) is 6.65. The van der Waals surface area contributed by atoms with Crippen molar-refractivity contribution in [3.05, 3.63) is 57.9 Å². The van der Waals surface area contributed by atoms with Gasteiger partial charge in [-0.25, -0.2) is 4.98 Å². The van der Waals surface area contributed by atoms with Crippen molar-refractivity contribution < 1.29 is 4.74 Å². The van der Waals surface area contributed by atoms with Crippen molar-refractivity contribution in [2.24, 2.45) is 0 Å². The van der Waals surface area contributed by atoms with Gasteiger partial charge in [0.1, 0.15) is 5.75 Å². The second-order valence-corrected chi connectivity index (χ2v) is 7.12. The van der Waals surface area contributed by atoms with Crippen LogP contribution in [-0.2, 0) is 0 Å². The van der Waals surface area contributed by atoms with E-state index < -0.39 is 0 Å². The molecule has 0 aliphatic heterocycles. The van der Waals surface area contributed by atoms with Gasteiger partial charge in [-0.15, -0.1) is 11.3 Å². The third kappa shape index (κ3) is 4.01. The van der Waals surface area contributed by atoms with E-state index in [1.807, 2.05) is 61.7 Å². The van der Waals surface area contributed by atoms with Crippen molar-refractivity contribution in [2.45, 2.75) is 20.0 Å². The number of ether oxygens (including phenoxy) is 1. The molecule has 1 N–H and O–H groups in total. The van der Waals surface area contributed by atoms with E-state index in [-0.39, 0.29) is 6.10 Å². The van der Waals surface area contributed by atoms with Crippen LogP contribution in [0, 0.1) is 0 Å². The number of rotatable bonds is 5. The number of hydrogen-bond donors (Lipinski definition) is 1. The molecule has 0 aliphatic carbocycles. The Labute approximate surface area is 155 Å². The standard InChI is InChI=1S/C18H16Cl2N2OS/c1-11(2)23-13-8-6-12(7-9-13)21-18-22-16(10-24-18)17-14(19)4-3-5-15(17)20/h3-11H,1-2H3,(H,21,22). The van der Waals surface area contributed by atoms with Crippen molar-refractivity contribution >= 4 is 45.4 Å². The van der Waals surface area contributed by atoms with E-state index in [1.54, 1.807) is 0 Å². The molecular weight excluding hydrogens is 363 g/mol. The number of aromatic nitrogens is 1. The summed E-state index contributed by atoms with van der Waals surface area (Å²) in [6.07, 6.45) is 0.158. The van der Waals surface area contributed by atoms with Gasteiger partial charge in [0.2, 0.25) is 0 Å². The van der Waals surface area contributed by atoms with Gasteiger partial charge in [0, 0.05) is 16.6 Å². The molecule has 1 heterocycles. The molecule has 6 heteroatoms.